The Hall–Kier alpha value is -2.87. The van der Waals surface area contributed by atoms with Crippen LogP contribution in [-0.2, 0) is 13.6 Å². The molecule has 0 unspecified atom stereocenters. The van der Waals surface area contributed by atoms with Crippen molar-refractivity contribution in [2.75, 3.05) is 5.32 Å². The normalized spacial score (nSPS) is 10.5. The van der Waals surface area contributed by atoms with Crippen LogP contribution in [0.3, 0.4) is 0 Å². The number of aromatic nitrogens is 2. The number of aryl methyl sites for hydroxylation is 1. The van der Waals surface area contributed by atoms with E-state index in [2.05, 4.69) is 10.4 Å². The Morgan fingerprint density at radius 3 is 2.86 bits per heavy atom. The summed E-state index contributed by atoms with van der Waals surface area (Å²) in [5, 5.41) is 17.2. The van der Waals surface area contributed by atoms with Crippen molar-refractivity contribution in [1.29, 1.82) is 5.26 Å². The summed E-state index contributed by atoms with van der Waals surface area (Å²) in [5.74, 6) is -0.436. The molecule has 0 aliphatic carbocycles. The number of nitrogens with zero attached hydrogens (tertiary/aromatic N) is 3. The first kappa shape index (κ1) is 13.1. The number of halogens is 1. The van der Waals surface area contributed by atoms with Gasteiger partial charge in [-0.05, 0) is 24.3 Å². The van der Waals surface area contributed by atoms with Crippen LogP contribution in [0.5, 0.6) is 0 Å². The molecule has 21 heavy (non-hydrogen) atoms. The van der Waals surface area contributed by atoms with Crippen molar-refractivity contribution in [2.45, 2.75) is 6.54 Å². The van der Waals surface area contributed by atoms with Crippen molar-refractivity contribution in [3.05, 3.63) is 59.5 Å². The van der Waals surface area contributed by atoms with Crippen molar-refractivity contribution in [3.8, 4) is 6.07 Å². The lowest BCUT2D eigenvalue weighted by molar-refractivity contribution is 0.629. The van der Waals surface area contributed by atoms with E-state index >= 15 is 0 Å². The second kappa shape index (κ2) is 5.25. The Kier molecular flexibility index (Phi) is 3.28. The van der Waals surface area contributed by atoms with E-state index in [1.54, 1.807) is 12.1 Å². The van der Waals surface area contributed by atoms with Gasteiger partial charge in [-0.2, -0.15) is 10.4 Å². The first-order chi connectivity index (χ1) is 10.2. The number of hydrogen-bond donors (Lipinski definition) is 1. The van der Waals surface area contributed by atoms with Gasteiger partial charge in [-0.1, -0.05) is 18.2 Å². The van der Waals surface area contributed by atoms with Crippen LogP contribution in [0.25, 0.3) is 10.9 Å². The van der Waals surface area contributed by atoms with E-state index in [4.69, 9.17) is 5.26 Å². The highest BCUT2D eigenvalue weighted by Gasteiger charge is 2.09. The van der Waals surface area contributed by atoms with Gasteiger partial charge >= 0.3 is 0 Å². The zero-order chi connectivity index (χ0) is 14.8. The molecule has 3 aromatic rings. The zero-order valence-electron chi connectivity index (χ0n) is 11.5. The minimum absolute atomic E-state index is 0.307. The summed E-state index contributed by atoms with van der Waals surface area (Å²) in [6, 6.07) is 14.2. The largest absolute Gasteiger partial charge is 0.377 e. The van der Waals surface area contributed by atoms with Crippen LogP contribution in [0.15, 0.2) is 42.5 Å². The molecule has 0 atom stereocenters. The molecule has 0 bridgehead atoms. The van der Waals surface area contributed by atoms with Gasteiger partial charge in [0.2, 0.25) is 0 Å². The summed E-state index contributed by atoms with van der Waals surface area (Å²) >= 11 is 0. The smallest absolute Gasteiger partial charge is 0.147 e. The average Bonchev–Trinajstić information content (AvgIpc) is 2.83. The van der Waals surface area contributed by atoms with Crippen LogP contribution in [-0.4, -0.2) is 9.78 Å². The summed E-state index contributed by atoms with van der Waals surface area (Å²) in [4.78, 5) is 0. The summed E-state index contributed by atoms with van der Waals surface area (Å²) in [6.45, 7) is 0.421. The Labute approximate surface area is 121 Å². The molecular weight excluding hydrogens is 267 g/mol. The van der Waals surface area contributed by atoms with E-state index < -0.39 is 5.82 Å². The van der Waals surface area contributed by atoms with Crippen LogP contribution in [0.1, 0.15) is 11.3 Å². The van der Waals surface area contributed by atoms with Crippen molar-refractivity contribution in [1.82, 2.24) is 9.78 Å². The van der Waals surface area contributed by atoms with E-state index in [0.717, 1.165) is 16.6 Å². The predicted octanol–water partition coefficient (Wildman–Crippen LogP) is 3.20. The van der Waals surface area contributed by atoms with Gasteiger partial charge < -0.3 is 5.32 Å². The molecule has 4 nitrogen and oxygen atoms in total. The summed E-state index contributed by atoms with van der Waals surface area (Å²) in [5.41, 5.74) is 2.57. The molecule has 2 aromatic carbocycles. The number of rotatable bonds is 3. The molecule has 104 valence electrons. The Bertz CT molecular complexity index is 845. The summed E-state index contributed by atoms with van der Waals surface area (Å²) < 4.78 is 15.6. The van der Waals surface area contributed by atoms with Gasteiger partial charge in [0, 0.05) is 12.4 Å². The number of nitrogens with one attached hydrogen (secondary N) is 1. The minimum atomic E-state index is -0.436. The highest BCUT2D eigenvalue weighted by molar-refractivity contribution is 5.82. The van der Waals surface area contributed by atoms with E-state index in [1.807, 2.05) is 42.1 Å². The van der Waals surface area contributed by atoms with Gasteiger partial charge in [-0.15, -0.1) is 0 Å². The quantitative estimate of drug-likeness (QED) is 0.801. The fraction of sp³-hybridized carbons (Fsp3) is 0.125. The van der Waals surface area contributed by atoms with Crippen LogP contribution >= 0.6 is 0 Å². The third kappa shape index (κ3) is 2.43. The third-order valence-corrected chi connectivity index (χ3v) is 3.38. The Morgan fingerprint density at radius 2 is 2.10 bits per heavy atom. The van der Waals surface area contributed by atoms with E-state index in [-0.39, 0.29) is 0 Å². The molecule has 1 aromatic heterocycles. The molecular formula is C16H13FN4. The average molecular weight is 280 g/mol. The monoisotopic (exact) mass is 280 g/mol. The van der Waals surface area contributed by atoms with Crippen molar-refractivity contribution >= 4 is 16.6 Å². The lowest BCUT2D eigenvalue weighted by atomic mass is 10.2. The first-order valence-corrected chi connectivity index (χ1v) is 6.53. The first-order valence-electron chi connectivity index (χ1n) is 6.53. The number of fused-ring (bicyclic) bond motifs is 1. The molecule has 0 amide bonds. The molecule has 0 saturated heterocycles. The summed E-state index contributed by atoms with van der Waals surface area (Å²) in [6.07, 6.45) is 0. The number of benzene rings is 2. The predicted molar refractivity (Wildman–Crippen MR) is 79.2 cm³/mol. The van der Waals surface area contributed by atoms with Crippen molar-refractivity contribution in [2.24, 2.45) is 7.05 Å². The molecule has 0 aliphatic rings. The van der Waals surface area contributed by atoms with Crippen LogP contribution in [0.4, 0.5) is 10.1 Å². The van der Waals surface area contributed by atoms with Crippen molar-refractivity contribution in [3.63, 3.8) is 0 Å². The highest BCUT2D eigenvalue weighted by atomic mass is 19.1. The van der Waals surface area contributed by atoms with Crippen LogP contribution < -0.4 is 5.32 Å². The lowest BCUT2D eigenvalue weighted by Crippen LogP contribution is -2.03. The molecule has 1 N–H and O–H groups in total. The topological polar surface area (TPSA) is 53.6 Å². The zero-order valence-corrected chi connectivity index (χ0v) is 11.5. The molecule has 3 rings (SSSR count). The maximum atomic E-state index is 13.8. The Morgan fingerprint density at radius 1 is 1.29 bits per heavy atom. The Balaban J connectivity index is 1.86. The second-order valence-electron chi connectivity index (χ2n) is 4.75. The standard InChI is InChI=1S/C16H13FN4/c1-21-16-5-3-2-4-12(16)15(20-21)10-19-14-7-6-11(9-18)8-13(14)17/h2-8,19H,10H2,1H3. The van der Waals surface area contributed by atoms with E-state index in [9.17, 15) is 4.39 Å². The fourth-order valence-electron chi connectivity index (χ4n) is 2.33. The molecule has 0 radical (unpaired) electrons. The molecule has 0 spiro atoms. The SMILES string of the molecule is Cn1nc(CNc2ccc(C#N)cc2F)c2ccccc21. The van der Waals surface area contributed by atoms with E-state index in [0.29, 0.717) is 17.8 Å². The molecule has 0 fully saturated rings. The van der Waals surface area contributed by atoms with Crippen LogP contribution in [0, 0.1) is 17.1 Å². The fourth-order valence-corrected chi connectivity index (χ4v) is 2.33. The number of nitriles is 1. The number of para-hydroxylation sites is 1. The summed E-state index contributed by atoms with van der Waals surface area (Å²) in [7, 11) is 1.88. The molecule has 0 saturated carbocycles. The molecule has 0 aliphatic heterocycles. The second-order valence-corrected chi connectivity index (χ2v) is 4.75. The number of anilines is 1. The third-order valence-electron chi connectivity index (χ3n) is 3.38. The maximum Gasteiger partial charge on any atom is 0.147 e. The van der Waals surface area contributed by atoms with E-state index in [1.165, 1.54) is 6.07 Å². The van der Waals surface area contributed by atoms with Gasteiger partial charge in [-0.3, -0.25) is 4.68 Å². The van der Waals surface area contributed by atoms with Gasteiger partial charge in [0.25, 0.3) is 0 Å². The van der Waals surface area contributed by atoms with Gasteiger partial charge in [0.05, 0.1) is 35.1 Å². The van der Waals surface area contributed by atoms with Gasteiger partial charge in [-0.25, -0.2) is 4.39 Å². The minimum Gasteiger partial charge on any atom is -0.377 e. The van der Waals surface area contributed by atoms with Gasteiger partial charge in [0.1, 0.15) is 5.82 Å². The molecule has 5 heteroatoms. The maximum absolute atomic E-state index is 13.8. The lowest BCUT2D eigenvalue weighted by Gasteiger charge is -2.06. The molecule has 1 heterocycles. The van der Waals surface area contributed by atoms with Crippen LogP contribution in [0.2, 0.25) is 0 Å². The van der Waals surface area contributed by atoms with Crippen molar-refractivity contribution < 1.29 is 4.39 Å². The van der Waals surface area contributed by atoms with Gasteiger partial charge in [0.15, 0.2) is 0 Å². The number of hydrogen-bond acceptors (Lipinski definition) is 3. The highest BCUT2D eigenvalue weighted by Crippen LogP contribution is 2.20.